The van der Waals surface area contributed by atoms with E-state index < -0.39 is 29.8 Å². The predicted octanol–water partition coefficient (Wildman–Crippen LogP) is 0.256. The van der Waals surface area contributed by atoms with Gasteiger partial charge in [-0.15, -0.1) is 0 Å². The largest absolute Gasteiger partial charge is 0.465 e. The summed E-state index contributed by atoms with van der Waals surface area (Å²) in [4.78, 5) is 10.7. The SMILES string of the molecule is CC1(C)O[C@@H]2[C@@H](O)CC[C@]2(NC(=O)O)O1. The zero-order valence-electron chi connectivity index (χ0n) is 8.69. The van der Waals surface area contributed by atoms with Gasteiger partial charge in [0.25, 0.3) is 0 Å². The van der Waals surface area contributed by atoms with E-state index in [1.807, 2.05) is 0 Å². The zero-order valence-corrected chi connectivity index (χ0v) is 8.69. The van der Waals surface area contributed by atoms with Crippen LogP contribution in [0.15, 0.2) is 0 Å². The molecule has 86 valence electrons. The quantitative estimate of drug-likeness (QED) is 0.586. The molecular weight excluding hydrogens is 202 g/mol. The molecule has 3 atom stereocenters. The first-order valence-corrected chi connectivity index (χ1v) is 4.92. The smallest absolute Gasteiger partial charge is 0.406 e. The van der Waals surface area contributed by atoms with Crippen molar-refractivity contribution in [2.75, 3.05) is 0 Å². The second-order valence-electron chi connectivity index (χ2n) is 4.47. The summed E-state index contributed by atoms with van der Waals surface area (Å²) in [5.74, 6) is -0.867. The molecule has 0 aromatic heterocycles. The molecule has 15 heavy (non-hydrogen) atoms. The highest BCUT2D eigenvalue weighted by Crippen LogP contribution is 2.44. The molecule has 2 rings (SSSR count). The van der Waals surface area contributed by atoms with E-state index in [9.17, 15) is 9.90 Å². The van der Waals surface area contributed by atoms with Gasteiger partial charge in [-0.3, -0.25) is 5.32 Å². The maximum atomic E-state index is 10.7. The topological polar surface area (TPSA) is 88.0 Å². The molecule has 0 radical (unpaired) electrons. The first-order valence-electron chi connectivity index (χ1n) is 4.92. The van der Waals surface area contributed by atoms with Gasteiger partial charge in [0.2, 0.25) is 0 Å². The van der Waals surface area contributed by atoms with Crippen molar-refractivity contribution in [3.63, 3.8) is 0 Å². The Labute approximate surface area is 87.2 Å². The van der Waals surface area contributed by atoms with Crippen LogP contribution < -0.4 is 5.32 Å². The van der Waals surface area contributed by atoms with Crippen molar-refractivity contribution >= 4 is 6.09 Å². The van der Waals surface area contributed by atoms with Gasteiger partial charge in [0.15, 0.2) is 11.5 Å². The number of nitrogens with one attached hydrogen (secondary N) is 1. The normalized spacial score (nSPS) is 42.6. The number of aliphatic hydroxyl groups excluding tert-OH is 1. The predicted molar refractivity (Wildman–Crippen MR) is 49.2 cm³/mol. The lowest BCUT2D eigenvalue weighted by Crippen LogP contribution is -2.54. The lowest BCUT2D eigenvalue weighted by molar-refractivity contribution is -0.177. The molecule has 1 saturated heterocycles. The third-order valence-corrected chi connectivity index (χ3v) is 2.78. The summed E-state index contributed by atoms with van der Waals surface area (Å²) in [5.41, 5.74) is -1.09. The number of hydrogen-bond acceptors (Lipinski definition) is 4. The molecule has 6 nitrogen and oxygen atoms in total. The van der Waals surface area contributed by atoms with Gasteiger partial charge in [-0.1, -0.05) is 0 Å². The van der Waals surface area contributed by atoms with Gasteiger partial charge in [-0.25, -0.2) is 4.79 Å². The zero-order chi connectivity index (χ0) is 11.3. The molecule has 2 aliphatic rings. The Kier molecular flexibility index (Phi) is 2.18. The Hall–Kier alpha value is -0.850. The van der Waals surface area contributed by atoms with E-state index in [2.05, 4.69) is 5.32 Å². The van der Waals surface area contributed by atoms with Crippen molar-refractivity contribution in [3.05, 3.63) is 0 Å². The van der Waals surface area contributed by atoms with Gasteiger partial charge in [0.05, 0.1) is 6.10 Å². The van der Waals surface area contributed by atoms with Crippen LogP contribution in [0.25, 0.3) is 0 Å². The molecule has 0 spiro atoms. The van der Waals surface area contributed by atoms with E-state index in [4.69, 9.17) is 14.6 Å². The van der Waals surface area contributed by atoms with Crippen LogP contribution >= 0.6 is 0 Å². The van der Waals surface area contributed by atoms with Crippen molar-refractivity contribution < 1.29 is 24.5 Å². The van der Waals surface area contributed by atoms with E-state index in [1.165, 1.54) is 0 Å². The summed E-state index contributed by atoms with van der Waals surface area (Å²) in [6.45, 7) is 3.40. The summed E-state index contributed by atoms with van der Waals surface area (Å²) in [7, 11) is 0. The number of rotatable bonds is 1. The Morgan fingerprint density at radius 1 is 1.53 bits per heavy atom. The molecule has 1 aliphatic heterocycles. The average molecular weight is 217 g/mol. The molecule has 1 heterocycles. The first-order chi connectivity index (χ1) is 6.85. The second-order valence-corrected chi connectivity index (χ2v) is 4.47. The van der Waals surface area contributed by atoms with Crippen LogP contribution in [0, 0.1) is 0 Å². The van der Waals surface area contributed by atoms with Crippen LogP contribution in [-0.2, 0) is 9.47 Å². The molecule has 0 bridgehead atoms. The number of aliphatic hydroxyl groups is 1. The molecule has 0 aromatic rings. The second kappa shape index (κ2) is 3.07. The number of carbonyl (C=O) groups is 1. The highest BCUT2D eigenvalue weighted by Gasteiger charge is 2.60. The highest BCUT2D eigenvalue weighted by atomic mass is 16.8. The first kappa shape index (κ1) is 10.7. The lowest BCUT2D eigenvalue weighted by atomic mass is 10.1. The summed E-state index contributed by atoms with van der Waals surface area (Å²) in [6, 6.07) is 0. The number of amides is 1. The van der Waals surface area contributed by atoms with Crippen LogP contribution in [0.4, 0.5) is 4.79 Å². The molecule has 1 saturated carbocycles. The average Bonchev–Trinajstić information content (AvgIpc) is 2.45. The van der Waals surface area contributed by atoms with Crippen LogP contribution in [-0.4, -0.2) is 40.0 Å². The van der Waals surface area contributed by atoms with Gasteiger partial charge in [0, 0.05) is 6.42 Å². The number of hydrogen-bond donors (Lipinski definition) is 3. The number of fused-ring (bicyclic) bond motifs is 1. The maximum Gasteiger partial charge on any atom is 0.406 e. The Morgan fingerprint density at radius 3 is 2.80 bits per heavy atom. The van der Waals surface area contributed by atoms with Gasteiger partial charge in [0.1, 0.15) is 6.10 Å². The minimum Gasteiger partial charge on any atom is -0.465 e. The van der Waals surface area contributed by atoms with E-state index >= 15 is 0 Å². The minimum atomic E-state index is -1.17. The molecule has 3 N–H and O–H groups in total. The Morgan fingerprint density at radius 2 is 2.20 bits per heavy atom. The van der Waals surface area contributed by atoms with Gasteiger partial charge in [-0.2, -0.15) is 0 Å². The Balaban J connectivity index is 2.24. The highest BCUT2D eigenvalue weighted by molar-refractivity contribution is 5.65. The van der Waals surface area contributed by atoms with Crippen molar-refractivity contribution in [2.45, 2.75) is 50.4 Å². The fourth-order valence-electron chi connectivity index (χ4n) is 2.36. The molecular formula is C9H15NO5. The maximum absolute atomic E-state index is 10.7. The van der Waals surface area contributed by atoms with E-state index in [1.54, 1.807) is 13.8 Å². The molecule has 1 aliphatic carbocycles. The molecule has 0 aromatic carbocycles. The molecule has 1 amide bonds. The molecule has 6 heteroatoms. The summed E-state index contributed by atoms with van der Waals surface area (Å²) >= 11 is 0. The number of ether oxygens (including phenoxy) is 2. The van der Waals surface area contributed by atoms with E-state index in [-0.39, 0.29) is 0 Å². The van der Waals surface area contributed by atoms with Crippen LogP contribution in [0.2, 0.25) is 0 Å². The third-order valence-electron chi connectivity index (χ3n) is 2.78. The molecule has 2 fully saturated rings. The summed E-state index contributed by atoms with van der Waals surface area (Å²) < 4.78 is 11.1. The van der Waals surface area contributed by atoms with Crippen LogP contribution in [0.1, 0.15) is 26.7 Å². The fraction of sp³-hybridized carbons (Fsp3) is 0.889. The minimum absolute atomic E-state index is 0.425. The van der Waals surface area contributed by atoms with E-state index in [0.717, 1.165) is 0 Å². The van der Waals surface area contributed by atoms with Gasteiger partial charge < -0.3 is 19.7 Å². The Bertz CT molecular complexity index is 292. The summed E-state index contributed by atoms with van der Waals surface area (Å²) in [6.07, 6.45) is -1.58. The van der Waals surface area contributed by atoms with Crippen molar-refractivity contribution in [2.24, 2.45) is 0 Å². The van der Waals surface area contributed by atoms with Crippen LogP contribution in [0.5, 0.6) is 0 Å². The monoisotopic (exact) mass is 217 g/mol. The third kappa shape index (κ3) is 1.68. The van der Waals surface area contributed by atoms with Gasteiger partial charge >= 0.3 is 6.09 Å². The lowest BCUT2D eigenvalue weighted by Gasteiger charge is -2.27. The summed E-state index contributed by atoms with van der Waals surface area (Å²) in [5, 5.41) is 20.7. The fourth-order valence-corrected chi connectivity index (χ4v) is 2.36. The van der Waals surface area contributed by atoms with Crippen molar-refractivity contribution in [1.82, 2.24) is 5.32 Å². The van der Waals surface area contributed by atoms with Crippen molar-refractivity contribution in [3.8, 4) is 0 Å². The van der Waals surface area contributed by atoms with E-state index in [0.29, 0.717) is 12.8 Å². The van der Waals surface area contributed by atoms with Gasteiger partial charge in [-0.05, 0) is 20.3 Å². The molecule has 0 unspecified atom stereocenters. The standard InChI is InChI=1S/C9H15NO5/c1-8(2)14-6-5(11)3-4-9(6,15-8)10-7(12)13/h5-6,10-11H,3-4H2,1-2H3,(H,12,13)/t5-,6+,9-/m0/s1. The van der Waals surface area contributed by atoms with Crippen molar-refractivity contribution in [1.29, 1.82) is 0 Å². The number of carboxylic acid groups (broad SMARTS) is 1. The van der Waals surface area contributed by atoms with Crippen LogP contribution in [0.3, 0.4) is 0 Å².